The van der Waals surface area contributed by atoms with Gasteiger partial charge in [0.1, 0.15) is 0 Å². The Labute approximate surface area is 131 Å². The first-order chi connectivity index (χ1) is 9.22. The quantitative estimate of drug-likeness (QED) is 0.516. The number of allylic oxidation sites excluding steroid dienone is 3. The average Bonchev–Trinajstić information content (AvgIpc) is 2.93. The molecule has 0 N–H and O–H groups in total. The van der Waals surface area contributed by atoms with Crippen molar-refractivity contribution in [2.24, 2.45) is 0 Å². The fraction of sp³-hybridized carbons (Fsp3) is 0.533. The molecule has 0 amide bonds. The van der Waals surface area contributed by atoms with E-state index in [4.69, 9.17) is 9.47 Å². The van der Waals surface area contributed by atoms with Crippen LogP contribution in [0.2, 0.25) is 0 Å². The molecule has 0 aromatic heterocycles. The SMILES string of the molecule is CCC(Br)=CC=C[C@H]1C[C@@H]2O[C@@H](C=C=CBr)C[C@@H]2O1. The van der Waals surface area contributed by atoms with Crippen molar-refractivity contribution in [3.63, 3.8) is 0 Å². The molecule has 2 rings (SSSR count). The van der Waals surface area contributed by atoms with E-state index in [9.17, 15) is 0 Å². The third kappa shape index (κ3) is 4.44. The summed E-state index contributed by atoms with van der Waals surface area (Å²) in [4.78, 5) is 1.72. The summed E-state index contributed by atoms with van der Waals surface area (Å²) in [5.74, 6) is 0. The first kappa shape index (κ1) is 15.3. The zero-order valence-electron chi connectivity index (χ0n) is 10.9. The molecular weight excluding hydrogens is 372 g/mol. The van der Waals surface area contributed by atoms with Gasteiger partial charge in [-0.2, -0.15) is 0 Å². The van der Waals surface area contributed by atoms with Gasteiger partial charge in [-0.1, -0.05) is 57.0 Å². The zero-order chi connectivity index (χ0) is 13.7. The minimum Gasteiger partial charge on any atom is -0.368 e. The van der Waals surface area contributed by atoms with E-state index in [0.717, 1.165) is 19.3 Å². The molecule has 2 heterocycles. The summed E-state index contributed by atoms with van der Waals surface area (Å²) in [7, 11) is 0. The van der Waals surface area contributed by atoms with Crippen LogP contribution in [0.15, 0.2) is 39.5 Å². The van der Waals surface area contributed by atoms with Gasteiger partial charge in [-0.05, 0) is 17.0 Å². The average molecular weight is 390 g/mol. The van der Waals surface area contributed by atoms with Crippen molar-refractivity contribution in [2.75, 3.05) is 0 Å². The van der Waals surface area contributed by atoms with E-state index in [2.05, 4.69) is 62.7 Å². The highest BCUT2D eigenvalue weighted by Crippen LogP contribution is 2.34. The number of hydrogen-bond donors (Lipinski definition) is 0. The van der Waals surface area contributed by atoms with Gasteiger partial charge < -0.3 is 9.47 Å². The number of halogens is 2. The normalized spacial score (nSPS) is 34.4. The highest BCUT2D eigenvalue weighted by atomic mass is 79.9. The first-order valence-corrected chi connectivity index (χ1v) is 8.29. The summed E-state index contributed by atoms with van der Waals surface area (Å²) in [5.41, 5.74) is 3.00. The van der Waals surface area contributed by atoms with Crippen molar-refractivity contribution >= 4 is 31.9 Å². The van der Waals surface area contributed by atoms with Crippen molar-refractivity contribution in [3.8, 4) is 0 Å². The number of ether oxygens (including phenoxy) is 2. The molecule has 4 atom stereocenters. The molecule has 0 spiro atoms. The van der Waals surface area contributed by atoms with Crippen molar-refractivity contribution < 1.29 is 9.47 Å². The minimum atomic E-state index is 0.142. The minimum absolute atomic E-state index is 0.142. The molecule has 0 radical (unpaired) electrons. The monoisotopic (exact) mass is 388 g/mol. The molecule has 0 unspecified atom stereocenters. The van der Waals surface area contributed by atoms with Gasteiger partial charge >= 0.3 is 0 Å². The molecule has 0 saturated carbocycles. The Morgan fingerprint density at radius 2 is 1.95 bits per heavy atom. The highest BCUT2D eigenvalue weighted by Gasteiger charge is 2.42. The smallest absolute Gasteiger partial charge is 0.0874 e. The Morgan fingerprint density at radius 3 is 2.63 bits per heavy atom. The van der Waals surface area contributed by atoms with Gasteiger partial charge in [0.2, 0.25) is 0 Å². The van der Waals surface area contributed by atoms with E-state index in [0.29, 0.717) is 0 Å². The van der Waals surface area contributed by atoms with Crippen molar-refractivity contribution in [1.29, 1.82) is 0 Å². The molecule has 0 aromatic carbocycles. The van der Waals surface area contributed by atoms with Crippen LogP contribution < -0.4 is 0 Å². The molecular formula is C15H18Br2O2. The fourth-order valence-corrected chi connectivity index (χ4v) is 2.69. The lowest BCUT2D eigenvalue weighted by molar-refractivity contribution is 0.0498. The topological polar surface area (TPSA) is 18.5 Å². The van der Waals surface area contributed by atoms with Crippen LogP contribution in [0.3, 0.4) is 0 Å². The van der Waals surface area contributed by atoms with Gasteiger partial charge in [0, 0.05) is 17.8 Å². The Bertz CT molecular complexity index is 408. The molecule has 2 aliphatic rings. The van der Waals surface area contributed by atoms with E-state index in [1.165, 1.54) is 4.48 Å². The summed E-state index contributed by atoms with van der Waals surface area (Å²) in [5, 5.41) is 0. The largest absolute Gasteiger partial charge is 0.368 e. The van der Waals surface area contributed by atoms with Crippen LogP contribution in [0, 0.1) is 0 Å². The number of rotatable bonds is 4. The maximum absolute atomic E-state index is 5.98. The lowest BCUT2D eigenvalue weighted by Gasteiger charge is -2.09. The Hall–Kier alpha value is -0.120. The molecule has 2 aliphatic heterocycles. The third-order valence-corrected chi connectivity index (χ3v) is 4.42. The first-order valence-electron chi connectivity index (χ1n) is 6.58. The van der Waals surface area contributed by atoms with Crippen LogP contribution in [-0.4, -0.2) is 24.4 Å². The third-order valence-electron chi connectivity index (χ3n) is 3.33. The number of hydrogen-bond acceptors (Lipinski definition) is 2. The van der Waals surface area contributed by atoms with Crippen molar-refractivity contribution in [1.82, 2.24) is 0 Å². The van der Waals surface area contributed by atoms with Crippen molar-refractivity contribution in [2.45, 2.75) is 50.6 Å². The standard InChI is InChI=1S/C15H18Br2O2/c1-2-11(17)5-3-6-12-9-14-15(18-12)10-13(19-14)7-4-8-16/h3,5-8,12-15H,2,9-10H2,1H3/t4?,12-,13-,14-,15-/m0/s1. The van der Waals surface area contributed by atoms with E-state index >= 15 is 0 Å². The lowest BCUT2D eigenvalue weighted by Crippen LogP contribution is -2.13. The molecule has 2 fully saturated rings. The van der Waals surface area contributed by atoms with E-state index in [1.807, 2.05) is 6.08 Å². The van der Waals surface area contributed by atoms with Gasteiger partial charge in [0.05, 0.1) is 24.4 Å². The predicted molar refractivity (Wildman–Crippen MR) is 84.6 cm³/mol. The molecule has 2 saturated heterocycles. The summed E-state index contributed by atoms with van der Waals surface area (Å²) in [6, 6.07) is 0. The lowest BCUT2D eigenvalue weighted by atomic mass is 10.1. The van der Waals surface area contributed by atoms with Crippen LogP contribution in [-0.2, 0) is 9.47 Å². The Morgan fingerprint density at radius 1 is 1.26 bits per heavy atom. The van der Waals surface area contributed by atoms with Gasteiger partial charge in [-0.3, -0.25) is 0 Å². The highest BCUT2D eigenvalue weighted by molar-refractivity contribution is 9.11. The Kier molecular flexibility index (Phi) is 6.11. The van der Waals surface area contributed by atoms with E-state index < -0.39 is 0 Å². The molecule has 104 valence electrons. The van der Waals surface area contributed by atoms with E-state index in [-0.39, 0.29) is 24.4 Å². The van der Waals surface area contributed by atoms with E-state index in [1.54, 1.807) is 4.99 Å². The molecule has 0 bridgehead atoms. The second-order valence-electron chi connectivity index (χ2n) is 4.69. The molecule has 19 heavy (non-hydrogen) atoms. The fourth-order valence-electron chi connectivity index (χ4n) is 2.38. The van der Waals surface area contributed by atoms with Crippen LogP contribution in [0.5, 0.6) is 0 Å². The Balaban J connectivity index is 1.83. The second kappa shape index (κ2) is 7.61. The van der Waals surface area contributed by atoms with Crippen LogP contribution in [0.1, 0.15) is 26.2 Å². The molecule has 4 heteroatoms. The maximum atomic E-state index is 5.98. The molecule has 0 aromatic rings. The summed E-state index contributed by atoms with van der Waals surface area (Å²) in [6.07, 6.45) is 11.9. The van der Waals surface area contributed by atoms with Crippen LogP contribution in [0.4, 0.5) is 0 Å². The van der Waals surface area contributed by atoms with Gasteiger partial charge in [-0.25, -0.2) is 0 Å². The van der Waals surface area contributed by atoms with Crippen LogP contribution in [0.25, 0.3) is 0 Å². The number of fused-ring (bicyclic) bond motifs is 1. The van der Waals surface area contributed by atoms with Gasteiger partial charge in [0.25, 0.3) is 0 Å². The summed E-state index contributed by atoms with van der Waals surface area (Å²) in [6.45, 7) is 2.12. The van der Waals surface area contributed by atoms with Crippen molar-refractivity contribution in [3.05, 3.63) is 39.5 Å². The molecule has 0 aliphatic carbocycles. The van der Waals surface area contributed by atoms with Gasteiger partial charge in [-0.15, -0.1) is 5.73 Å². The zero-order valence-corrected chi connectivity index (χ0v) is 14.1. The predicted octanol–water partition coefficient (Wildman–Crippen LogP) is 4.61. The molecule has 2 nitrogen and oxygen atoms in total. The summed E-state index contributed by atoms with van der Waals surface area (Å²) >= 11 is 6.69. The second-order valence-corrected chi connectivity index (χ2v) is 6.17. The summed E-state index contributed by atoms with van der Waals surface area (Å²) < 4.78 is 13.1. The maximum Gasteiger partial charge on any atom is 0.0874 e. The van der Waals surface area contributed by atoms with Gasteiger partial charge in [0.15, 0.2) is 0 Å². The van der Waals surface area contributed by atoms with Crippen LogP contribution >= 0.6 is 31.9 Å².